The number of nitrogens with one attached hydrogen (secondary N) is 2. The Kier molecular flexibility index (Phi) is 7.57. The Hall–Kier alpha value is -5.33. The maximum absolute atomic E-state index is 13.3. The van der Waals surface area contributed by atoms with E-state index in [-0.39, 0.29) is 5.91 Å². The predicted octanol–water partition coefficient (Wildman–Crippen LogP) is 8.16. The van der Waals surface area contributed by atoms with Crippen molar-refractivity contribution in [3.63, 3.8) is 0 Å². The van der Waals surface area contributed by atoms with Crippen molar-refractivity contribution in [2.24, 2.45) is 0 Å². The summed E-state index contributed by atoms with van der Waals surface area (Å²) in [5, 5.41) is 7.45. The first-order valence-electron chi connectivity index (χ1n) is 15.0. The number of carbonyl (C=O) groups is 1. The van der Waals surface area contributed by atoms with Gasteiger partial charge in [-0.05, 0) is 72.0 Å². The van der Waals surface area contributed by atoms with Gasteiger partial charge in [-0.15, -0.1) is 0 Å². The number of fused-ring (bicyclic) bond motifs is 2. The highest BCUT2D eigenvalue weighted by Crippen LogP contribution is 2.28. The molecule has 6 nitrogen and oxygen atoms in total. The Labute approximate surface area is 257 Å². The predicted molar refractivity (Wildman–Crippen MR) is 178 cm³/mol. The molecule has 2 N–H and O–H groups in total. The molecule has 216 valence electrons. The zero-order chi connectivity index (χ0) is 29.9. The van der Waals surface area contributed by atoms with Crippen LogP contribution < -0.4 is 10.6 Å². The van der Waals surface area contributed by atoms with Gasteiger partial charge in [0.1, 0.15) is 0 Å². The third-order valence-corrected chi connectivity index (χ3v) is 8.22. The summed E-state index contributed by atoms with van der Waals surface area (Å²) in [4.78, 5) is 25.3. The van der Waals surface area contributed by atoms with Crippen molar-refractivity contribution in [1.82, 2.24) is 14.9 Å². The fraction of sp³-hybridized carbons (Fsp3) is 0.132. The Bertz CT molecular complexity index is 1950. The summed E-state index contributed by atoms with van der Waals surface area (Å²) in [7, 11) is 0. The van der Waals surface area contributed by atoms with E-state index in [4.69, 9.17) is 9.97 Å². The normalized spacial score (nSPS) is 12.9. The molecule has 1 aliphatic rings. The molecule has 44 heavy (non-hydrogen) atoms. The van der Waals surface area contributed by atoms with E-state index in [1.165, 1.54) is 16.7 Å². The van der Waals surface area contributed by atoms with E-state index in [0.29, 0.717) is 11.5 Å². The average molecular weight is 576 g/mol. The van der Waals surface area contributed by atoms with Crippen LogP contribution in [0.25, 0.3) is 22.2 Å². The number of benzene rings is 5. The molecule has 0 bridgehead atoms. The highest BCUT2D eigenvalue weighted by molar-refractivity contribution is 6.05. The van der Waals surface area contributed by atoms with Crippen molar-refractivity contribution < 1.29 is 4.79 Å². The Morgan fingerprint density at radius 1 is 0.795 bits per heavy atom. The Morgan fingerprint density at radius 2 is 1.55 bits per heavy atom. The second kappa shape index (κ2) is 12.1. The summed E-state index contributed by atoms with van der Waals surface area (Å²) < 4.78 is 0. The van der Waals surface area contributed by atoms with Crippen LogP contribution in [0.3, 0.4) is 0 Å². The second-order valence-corrected chi connectivity index (χ2v) is 11.3. The first-order valence-corrected chi connectivity index (χ1v) is 15.0. The zero-order valence-electron chi connectivity index (χ0n) is 24.6. The molecule has 7 rings (SSSR count). The first kappa shape index (κ1) is 27.5. The number of para-hydroxylation sites is 1. The quantitative estimate of drug-likeness (QED) is 0.201. The molecule has 0 atom stereocenters. The van der Waals surface area contributed by atoms with Crippen LogP contribution >= 0.6 is 0 Å². The van der Waals surface area contributed by atoms with Gasteiger partial charge in [-0.1, -0.05) is 84.9 Å². The monoisotopic (exact) mass is 575 g/mol. The SMILES string of the molecule is Cc1ccc(CN2CCc3ccccc3C2)cc1NC(=O)c1ccc(Nc2nc(-c3ccccc3)c3ccccc3n2)cc1. The van der Waals surface area contributed by atoms with Crippen LogP contribution in [0, 0.1) is 6.92 Å². The lowest BCUT2D eigenvalue weighted by Crippen LogP contribution is -2.30. The van der Waals surface area contributed by atoms with Gasteiger partial charge in [0.2, 0.25) is 5.95 Å². The summed E-state index contributed by atoms with van der Waals surface area (Å²) in [6.07, 6.45) is 1.07. The molecule has 1 aromatic heterocycles. The van der Waals surface area contributed by atoms with Crippen LogP contribution in [0.15, 0.2) is 121 Å². The van der Waals surface area contributed by atoms with E-state index < -0.39 is 0 Å². The molecule has 0 aliphatic carbocycles. The van der Waals surface area contributed by atoms with E-state index in [9.17, 15) is 4.79 Å². The highest BCUT2D eigenvalue weighted by atomic mass is 16.1. The lowest BCUT2D eigenvalue weighted by atomic mass is 9.99. The summed E-state index contributed by atoms with van der Waals surface area (Å²) >= 11 is 0. The highest BCUT2D eigenvalue weighted by Gasteiger charge is 2.17. The van der Waals surface area contributed by atoms with Gasteiger partial charge in [-0.2, -0.15) is 0 Å². The number of hydrogen-bond acceptors (Lipinski definition) is 5. The van der Waals surface area contributed by atoms with Crippen molar-refractivity contribution >= 4 is 34.1 Å². The summed E-state index contributed by atoms with van der Waals surface area (Å²) in [5.74, 6) is 0.362. The van der Waals surface area contributed by atoms with Crippen LogP contribution in [0.1, 0.15) is 32.6 Å². The van der Waals surface area contributed by atoms with Crippen LogP contribution in [0.4, 0.5) is 17.3 Å². The van der Waals surface area contributed by atoms with Gasteiger partial charge in [0.05, 0.1) is 11.2 Å². The topological polar surface area (TPSA) is 70.2 Å². The maximum atomic E-state index is 13.3. The number of anilines is 3. The van der Waals surface area contributed by atoms with Crippen molar-refractivity contribution in [3.8, 4) is 11.3 Å². The molecule has 1 amide bonds. The number of amides is 1. The molecule has 0 saturated heterocycles. The van der Waals surface area contributed by atoms with E-state index in [0.717, 1.165) is 65.2 Å². The minimum absolute atomic E-state index is 0.142. The molecule has 0 unspecified atom stereocenters. The molecular formula is C38H33N5O. The third kappa shape index (κ3) is 5.93. The van der Waals surface area contributed by atoms with Gasteiger partial charge in [0.25, 0.3) is 5.91 Å². The van der Waals surface area contributed by atoms with Gasteiger partial charge in [-0.3, -0.25) is 9.69 Å². The van der Waals surface area contributed by atoms with Crippen molar-refractivity contribution in [3.05, 3.63) is 149 Å². The summed E-state index contributed by atoms with van der Waals surface area (Å²) in [6, 6.07) is 40.6. The lowest BCUT2D eigenvalue weighted by molar-refractivity contribution is 0.102. The lowest BCUT2D eigenvalue weighted by Gasteiger charge is -2.29. The fourth-order valence-electron chi connectivity index (χ4n) is 5.83. The Morgan fingerprint density at radius 3 is 2.39 bits per heavy atom. The van der Waals surface area contributed by atoms with E-state index in [1.807, 2.05) is 73.7 Å². The molecule has 0 radical (unpaired) electrons. The van der Waals surface area contributed by atoms with Crippen molar-refractivity contribution in [1.29, 1.82) is 0 Å². The molecule has 0 saturated carbocycles. The van der Waals surface area contributed by atoms with Gasteiger partial charge in [0, 0.05) is 47.5 Å². The standard InChI is InChI=1S/C38H33N5O/c1-26-15-16-27(24-43-22-21-28-9-5-6-12-31(28)25-43)23-35(26)40-37(44)30-17-19-32(20-18-30)39-38-41-34-14-8-7-13-33(34)36(42-38)29-10-3-2-4-11-29/h2-20,23H,21-22,24-25H2,1H3,(H,40,44)(H,39,41,42). The smallest absolute Gasteiger partial charge is 0.255 e. The molecule has 6 heteroatoms. The average Bonchev–Trinajstić information content (AvgIpc) is 3.06. The molecule has 5 aromatic carbocycles. The fourth-order valence-corrected chi connectivity index (χ4v) is 5.83. The van der Waals surface area contributed by atoms with Crippen molar-refractivity contribution in [2.45, 2.75) is 26.4 Å². The number of carbonyl (C=O) groups excluding carboxylic acids is 1. The van der Waals surface area contributed by atoms with Crippen molar-refractivity contribution in [2.75, 3.05) is 17.2 Å². The largest absolute Gasteiger partial charge is 0.324 e. The van der Waals surface area contributed by atoms with Crippen LogP contribution in [0.2, 0.25) is 0 Å². The van der Waals surface area contributed by atoms with E-state index in [2.05, 4.69) is 70.1 Å². The Balaban J connectivity index is 1.04. The summed E-state index contributed by atoms with van der Waals surface area (Å²) in [5.41, 5.74) is 10.1. The van der Waals surface area contributed by atoms with Gasteiger partial charge < -0.3 is 10.6 Å². The molecule has 1 aliphatic heterocycles. The molecule has 0 fully saturated rings. The maximum Gasteiger partial charge on any atom is 0.255 e. The molecular weight excluding hydrogens is 542 g/mol. The van der Waals surface area contributed by atoms with Crippen LogP contribution in [-0.2, 0) is 19.5 Å². The zero-order valence-corrected chi connectivity index (χ0v) is 24.6. The van der Waals surface area contributed by atoms with Crippen LogP contribution in [0.5, 0.6) is 0 Å². The summed E-state index contributed by atoms with van der Waals surface area (Å²) in [6.45, 7) is 4.85. The minimum atomic E-state index is -0.142. The van der Waals surface area contributed by atoms with Gasteiger partial charge >= 0.3 is 0 Å². The van der Waals surface area contributed by atoms with Gasteiger partial charge in [0.15, 0.2) is 0 Å². The number of aryl methyl sites for hydroxylation is 1. The molecule has 6 aromatic rings. The molecule has 0 spiro atoms. The first-order chi connectivity index (χ1) is 21.6. The van der Waals surface area contributed by atoms with E-state index >= 15 is 0 Å². The number of nitrogens with zero attached hydrogens (tertiary/aromatic N) is 3. The number of hydrogen-bond donors (Lipinski definition) is 2. The number of rotatable bonds is 7. The number of aromatic nitrogens is 2. The van der Waals surface area contributed by atoms with Gasteiger partial charge in [-0.25, -0.2) is 9.97 Å². The minimum Gasteiger partial charge on any atom is -0.324 e. The van der Waals surface area contributed by atoms with E-state index in [1.54, 1.807) is 0 Å². The third-order valence-electron chi connectivity index (χ3n) is 8.22. The molecule has 2 heterocycles. The second-order valence-electron chi connectivity index (χ2n) is 11.3. The van der Waals surface area contributed by atoms with Crippen LogP contribution in [-0.4, -0.2) is 27.3 Å².